The van der Waals surface area contributed by atoms with Crippen molar-refractivity contribution in [1.82, 2.24) is 14.7 Å². The van der Waals surface area contributed by atoms with Gasteiger partial charge in [-0.2, -0.15) is 0 Å². The highest BCUT2D eigenvalue weighted by molar-refractivity contribution is 6.30. The average molecular weight is 593 g/mol. The lowest BCUT2D eigenvalue weighted by molar-refractivity contribution is -0.136. The molecule has 0 aliphatic carbocycles. The van der Waals surface area contributed by atoms with Gasteiger partial charge in [0.1, 0.15) is 11.6 Å². The summed E-state index contributed by atoms with van der Waals surface area (Å²) >= 11 is 6.36. The highest BCUT2D eigenvalue weighted by Gasteiger charge is 2.32. The van der Waals surface area contributed by atoms with Crippen LogP contribution < -0.4 is 10.5 Å². The maximum atomic E-state index is 13.7. The number of carbonyl (C=O) groups is 1. The van der Waals surface area contributed by atoms with Gasteiger partial charge in [-0.3, -0.25) is 9.69 Å². The van der Waals surface area contributed by atoms with Crippen molar-refractivity contribution in [2.45, 2.75) is 38.8 Å². The van der Waals surface area contributed by atoms with Gasteiger partial charge in [0.15, 0.2) is 0 Å². The lowest BCUT2D eigenvalue weighted by Crippen LogP contribution is -2.55. The van der Waals surface area contributed by atoms with Crippen molar-refractivity contribution in [3.8, 4) is 16.9 Å². The molecule has 1 atom stereocenters. The Morgan fingerprint density at radius 2 is 1.69 bits per heavy atom. The summed E-state index contributed by atoms with van der Waals surface area (Å²) in [6.45, 7) is 8.73. The Labute approximate surface area is 254 Å². The topological polar surface area (TPSA) is 62.0 Å². The van der Waals surface area contributed by atoms with E-state index >= 15 is 0 Å². The molecule has 5 rings (SSSR count). The number of hydrogen-bond acceptors (Lipinski definition) is 5. The summed E-state index contributed by atoms with van der Waals surface area (Å²) in [5.74, 6) is 0.562. The second-order valence-corrected chi connectivity index (χ2v) is 11.8. The molecule has 0 saturated carbocycles. The molecule has 2 saturated heterocycles. The van der Waals surface area contributed by atoms with E-state index in [0.29, 0.717) is 32.0 Å². The molecular weight excluding hydrogens is 551 g/mol. The predicted molar refractivity (Wildman–Crippen MR) is 167 cm³/mol. The van der Waals surface area contributed by atoms with Gasteiger partial charge in [0.05, 0.1) is 12.6 Å². The number of halogens is 2. The summed E-state index contributed by atoms with van der Waals surface area (Å²) in [4.78, 5) is 20.0. The number of carbonyl (C=O) groups excluding carboxylic acids is 1. The molecule has 0 aromatic heterocycles. The summed E-state index contributed by atoms with van der Waals surface area (Å²) in [5, 5.41) is 0.763. The van der Waals surface area contributed by atoms with Crippen LogP contribution in [-0.2, 0) is 17.8 Å². The van der Waals surface area contributed by atoms with Crippen LogP contribution >= 0.6 is 11.6 Å². The van der Waals surface area contributed by atoms with Crippen LogP contribution in [0.4, 0.5) is 4.39 Å². The molecule has 0 unspecified atom stereocenters. The van der Waals surface area contributed by atoms with Crippen LogP contribution in [0.15, 0.2) is 66.7 Å². The number of amides is 1. The third kappa shape index (κ3) is 7.70. The maximum absolute atomic E-state index is 13.7. The first-order valence-corrected chi connectivity index (χ1v) is 15.5. The minimum absolute atomic E-state index is 0.0660. The highest BCUT2D eigenvalue weighted by Crippen LogP contribution is 2.28. The number of ether oxygens (including phenoxy) is 1. The molecule has 224 valence electrons. The third-order valence-electron chi connectivity index (χ3n) is 8.68. The molecule has 3 aromatic carbocycles. The number of nitrogens with zero attached hydrogens (tertiary/aromatic N) is 3. The van der Waals surface area contributed by atoms with Crippen molar-refractivity contribution in [2.24, 2.45) is 11.7 Å². The van der Waals surface area contributed by atoms with Crippen LogP contribution in [0.3, 0.4) is 0 Å². The van der Waals surface area contributed by atoms with E-state index in [1.54, 1.807) is 6.07 Å². The standard InChI is InChI=1S/C34H42ClFN4O2/c1-2-42-32-23-30(36)10-8-28(32)24-39-18-20-40(21-19-39)34(41)33(37)26-12-15-38(16-13-26)17-14-27-22-29(35)9-11-31(27)25-6-4-3-5-7-25/h3-11,22-23,26,33H,2,12-21,24,37H2,1H3/t33-/m1/s1. The van der Waals surface area contributed by atoms with Gasteiger partial charge in [-0.15, -0.1) is 0 Å². The first-order valence-electron chi connectivity index (χ1n) is 15.2. The Balaban J connectivity index is 1.08. The molecule has 0 radical (unpaired) electrons. The molecular formula is C34H42ClFN4O2. The quantitative estimate of drug-likeness (QED) is 0.338. The lowest BCUT2D eigenvalue weighted by atomic mass is 9.88. The van der Waals surface area contributed by atoms with Gasteiger partial charge in [0.2, 0.25) is 5.91 Å². The van der Waals surface area contributed by atoms with Gasteiger partial charge in [-0.1, -0.05) is 54.1 Å². The third-order valence-corrected chi connectivity index (χ3v) is 8.92. The van der Waals surface area contributed by atoms with Crippen molar-refractivity contribution >= 4 is 17.5 Å². The van der Waals surface area contributed by atoms with Crippen LogP contribution in [0, 0.1) is 11.7 Å². The van der Waals surface area contributed by atoms with E-state index in [-0.39, 0.29) is 17.6 Å². The Morgan fingerprint density at radius 1 is 0.952 bits per heavy atom. The summed E-state index contributed by atoms with van der Waals surface area (Å²) in [6, 6.07) is 20.9. The van der Waals surface area contributed by atoms with E-state index in [0.717, 1.165) is 62.6 Å². The second-order valence-electron chi connectivity index (χ2n) is 11.4. The summed E-state index contributed by atoms with van der Waals surface area (Å²) in [6.07, 6.45) is 2.78. The van der Waals surface area contributed by atoms with Crippen molar-refractivity contribution in [3.63, 3.8) is 0 Å². The molecule has 6 nitrogen and oxygen atoms in total. The van der Waals surface area contributed by atoms with Gasteiger partial charge >= 0.3 is 0 Å². The van der Waals surface area contributed by atoms with E-state index in [1.807, 2.05) is 24.0 Å². The summed E-state index contributed by atoms with van der Waals surface area (Å²) in [7, 11) is 0. The number of hydrogen-bond donors (Lipinski definition) is 1. The first-order chi connectivity index (χ1) is 20.4. The molecule has 0 bridgehead atoms. The van der Waals surface area contributed by atoms with Gasteiger partial charge < -0.3 is 20.3 Å². The van der Waals surface area contributed by atoms with Gasteiger partial charge in [0, 0.05) is 55.9 Å². The fourth-order valence-electron chi connectivity index (χ4n) is 6.21. The van der Waals surface area contributed by atoms with Crippen LogP contribution in [0.25, 0.3) is 11.1 Å². The minimum Gasteiger partial charge on any atom is -0.493 e. The molecule has 2 heterocycles. The second kappa shape index (κ2) is 14.5. The van der Waals surface area contributed by atoms with Crippen LogP contribution in [0.1, 0.15) is 30.9 Å². The number of rotatable bonds is 10. The lowest BCUT2D eigenvalue weighted by Gasteiger charge is -2.39. The molecule has 2 aliphatic heterocycles. The zero-order chi connectivity index (χ0) is 29.5. The van der Waals surface area contributed by atoms with Gasteiger partial charge in [-0.25, -0.2) is 4.39 Å². The highest BCUT2D eigenvalue weighted by atomic mass is 35.5. The van der Waals surface area contributed by atoms with E-state index in [4.69, 9.17) is 22.1 Å². The maximum Gasteiger partial charge on any atom is 0.239 e. The smallest absolute Gasteiger partial charge is 0.239 e. The Morgan fingerprint density at radius 3 is 2.40 bits per heavy atom. The monoisotopic (exact) mass is 592 g/mol. The molecule has 0 spiro atoms. The molecule has 2 N–H and O–H groups in total. The Kier molecular flexibility index (Phi) is 10.5. The molecule has 2 fully saturated rings. The minimum atomic E-state index is -0.460. The van der Waals surface area contributed by atoms with Crippen LogP contribution in [0.2, 0.25) is 5.02 Å². The van der Waals surface area contributed by atoms with E-state index in [1.165, 1.54) is 28.8 Å². The van der Waals surface area contributed by atoms with Gasteiger partial charge in [-0.05, 0) is 80.1 Å². The zero-order valence-corrected chi connectivity index (χ0v) is 25.2. The van der Waals surface area contributed by atoms with Crippen molar-refractivity contribution < 1.29 is 13.9 Å². The molecule has 2 aliphatic rings. The normalized spacial score (nSPS) is 17.8. The molecule has 8 heteroatoms. The Bertz CT molecular complexity index is 1320. The van der Waals surface area contributed by atoms with E-state index < -0.39 is 6.04 Å². The van der Waals surface area contributed by atoms with Gasteiger partial charge in [0.25, 0.3) is 0 Å². The van der Waals surface area contributed by atoms with E-state index in [9.17, 15) is 9.18 Å². The summed E-state index contributed by atoms with van der Waals surface area (Å²) in [5.41, 5.74) is 11.2. The number of piperazine rings is 1. The Hall–Kier alpha value is -2.97. The number of nitrogens with two attached hydrogens (primary N) is 1. The average Bonchev–Trinajstić information content (AvgIpc) is 3.02. The largest absolute Gasteiger partial charge is 0.493 e. The number of benzene rings is 3. The zero-order valence-electron chi connectivity index (χ0n) is 24.5. The fourth-order valence-corrected chi connectivity index (χ4v) is 6.41. The van der Waals surface area contributed by atoms with Crippen molar-refractivity contribution in [3.05, 3.63) is 88.7 Å². The SMILES string of the molecule is CCOc1cc(F)ccc1CN1CCN(C(=O)[C@H](N)C2CCN(CCc3cc(Cl)ccc3-c3ccccc3)CC2)CC1. The first kappa shape index (κ1) is 30.5. The van der Waals surface area contributed by atoms with E-state index in [2.05, 4.69) is 46.2 Å². The number of piperidine rings is 1. The van der Waals surface area contributed by atoms with Crippen molar-refractivity contribution in [2.75, 3.05) is 52.4 Å². The number of likely N-dealkylation sites (tertiary alicyclic amines) is 1. The molecule has 1 amide bonds. The summed E-state index contributed by atoms with van der Waals surface area (Å²) < 4.78 is 19.3. The fraction of sp³-hybridized carbons (Fsp3) is 0.441. The van der Waals surface area contributed by atoms with Crippen molar-refractivity contribution in [1.29, 1.82) is 0 Å². The van der Waals surface area contributed by atoms with Crippen LogP contribution in [0.5, 0.6) is 5.75 Å². The van der Waals surface area contributed by atoms with Crippen LogP contribution in [-0.4, -0.2) is 79.1 Å². The predicted octanol–water partition coefficient (Wildman–Crippen LogP) is 5.47. The molecule has 42 heavy (non-hydrogen) atoms. The molecule has 3 aromatic rings.